The molecule has 0 atom stereocenters. The molecule has 156 valence electrons. The molecule has 3 aromatic rings. The summed E-state index contributed by atoms with van der Waals surface area (Å²) in [5.74, 6) is -0.153. The van der Waals surface area contributed by atoms with Gasteiger partial charge in [0, 0.05) is 18.5 Å². The molecule has 2 N–H and O–H groups in total. The number of rotatable bonds is 7. The molecule has 8 nitrogen and oxygen atoms in total. The van der Waals surface area contributed by atoms with Crippen molar-refractivity contribution in [1.82, 2.24) is 25.5 Å². The first-order valence-corrected chi connectivity index (χ1v) is 11.5. The summed E-state index contributed by atoms with van der Waals surface area (Å²) in [6.45, 7) is 0.451. The van der Waals surface area contributed by atoms with Crippen molar-refractivity contribution < 1.29 is 9.59 Å². The molecule has 0 radical (unpaired) electrons. The van der Waals surface area contributed by atoms with E-state index >= 15 is 0 Å². The van der Waals surface area contributed by atoms with Crippen LogP contribution in [0.1, 0.15) is 39.2 Å². The zero-order valence-electron chi connectivity index (χ0n) is 16.6. The first-order valence-electron chi connectivity index (χ1n) is 9.73. The number of amides is 2. The highest BCUT2D eigenvalue weighted by Gasteiger charge is 2.26. The molecular formula is C20H22N6O2S2. The largest absolute Gasteiger partial charge is 0.348 e. The number of nitrogens with one attached hydrogen (secondary N) is 2. The summed E-state index contributed by atoms with van der Waals surface area (Å²) in [4.78, 5) is 26.8. The average Bonchev–Trinajstić information content (AvgIpc) is 3.33. The molecule has 0 spiro atoms. The van der Waals surface area contributed by atoms with Crippen LogP contribution in [-0.2, 0) is 31.2 Å². The summed E-state index contributed by atoms with van der Waals surface area (Å²) in [5, 5.41) is 18.4. The second-order valence-corrected chi connectivity index (χ2v) is 9.05. The summed E-state index contributed by atoms with van der Waals surface area (Å²) in [6, 6.07) is 9.80. The summed E-state index contributed by atoms with van der Waals surface area (Å²) in [7, 11) is 1.72. The third kappa shape index (κ3) is 4.71. The van der Waals surface area contributed by atoms with Gasteiger partial charge in [-0.2, -0.15) is 0 Å². The van der Waals surface area contributed by atoms with Crippen LogP contribution in [0.5, 0.6) is 0 Å². The van der Waals surface area contributed by atoms with Crippen molar-refractivity contribution in [2.24, 2.45) is 7.05 Å². The van der Waals surface area contributed by atoms with Crippen molar-refractivity contribution in [1.29, 1.82) is 0 Å². The lowest BCUT2D eigenvalue weighted by Crippen LogP contribution is -2.25. The Labute approximate surface area is 182 Å². The molecule has 30 heavy (non-hydrogen) atoms. The Hall–Kier alpha value is -2.72. The highest BCUT2D eigenvalue weighted by molar-refractivity contribution is 7.99. The molecule has 10 heteroatoms. The quantitative estimate of drug-likeness (QED) is 0.546. The Balaban J connectivity index is 1.48. The van der Waals surface area contributed by atoms with E-state index in [4.69, 9.17) is 0 Å². The fourth-order valence-corrected chi connectivity index (χ4v) is 5.35. The number of nitrogens with zero attached hydrogens (tertiary/aromatic N) is 4. The summed E-state index contributed by atoms with van der Waals surface area (Å²) < 4.78 is 1.52. The van der Waals surface area contributed by atoms with E-state index in [0.29, 0.717) is 22.3 Å². The number of thioether (sulfide) groups is 1. The number of anilines is 1. The lowest BCUT2D eigenvalue weighted by atomic mass is 9.95. The smallest absolute Gasteiger partial charge is 0.254 e. The number of aryl methyl sites for hydroxylation is 2. The number of fused-ring (bicyclic) bond motifs is 1. The molecule has 1 aliphatic carbocycles. The summed E-state index contributed by atoms with van der Waals surface area (Å²) in [5.41, 5.74) is 2.73. The van der Waals surface area contributed by atoms with Crippen LogP contribution in [0.2, 0.25) is 0 Å². The van der Waals surface area contributed by atoms with E-state index in [-0.39, 0.29) is 17.6 Å². The Morgan fingerprint density at radius 2 is 2.00 bits per heavy atom. The van der Waals surface area contributed by atoms with E-state index in [0.717, 1.165) is 36.8 Å². The van der Waals surface area contributed by atoms with Crippen molar-refractivity contribution in [3.63, 3.8) is 0 Å². The van der Waals surface area contributed by atoms with Gasteiger partial charge in [0.2, 0.25) is 11.1 Å². The van der Waals surface area contributed by atoms with Gasteiger partial charge < -0.3 is 10.6 Å². The van der Waals surface area contributed by atoms with Gasteiger partial charge in [-0.05, 0) is 47.2 Å². The Morgan fingerprint density at radius 1 is 1.20 bits per heavy atom. The minimum atomic E-state index is -0.182. The van der Waals surface area contributed by atoms with Crippen LogP contribution < -0.4 is 10.6 Å². The Morgan fingerprint density at radius 3 is 2.77 bits per heavy atom. The second-order valence-electron chi connectivity index (χ2n) is 7.01. The van der Waals surface area contributed by atoms with Gasteiger partial charge in [0.15, 0.2) is 0 Å². The first kappa shape index (κ1) is 20.5. The van der Waals surface area contributed by atoms with Gasteiger partial charge in [-0.3, -0.25) is 9.59 Å². The predicted octanol–water partition coefficient (Wildman–Crippen LogP) is 2.81. The molecular weight excluding hydrogens is 420 g/mol. The zero-order valence-corrected chi connectivity index (χ0v) is 18.2. The molecule has 0 fully saturated rings. The van der Waals surface area contributed by atoms with Gasteiger partial charge in [0.25, 0.3) is 5.91 Å². The first-order chi connectivity index (χ1) is 14.6. The molecule has 0 unspecified atom stereocenters. The molecule has 1 aromatic carbocycles. The van der Waals surface area contributed by atoms with Gasteiger partial charge in [0.05, 0.1) is 11.3 Å². The molecule has 2 aromatic heterocycles. The lowest BCUT2D eigenvalue weighted by Gasteiger charge is -2.13. The number of hydrogen-bond donors (Lipinski definition) is 2. The molecule has 4 rings (SSSR count). The van der Waals surface area contributed by atoms with Crippen LogP contribution in [0.25, 0.3) is 0 Å². The van der Waals surface area contributed by atoms with E-state index in [9.17, 15) is 9.59 Å². The number of aromatic nitrogens is 4. The van der Waals surface area contributed by atoms with Crippen molar-refractivity contribution in [3.05, 3.63) is 51.9 Å². The van der Waals surface area contributed by atoms with Crippen LogP contribution in [0, 0.1) is 0 Å². The van der Waals surface area contributed by atoms with Crippen LogP contribution in [0.3, 0.4) is 0 Å². The lowest BCUT2D eigenvalue weighted by molar-refractivity contribution is -0.113. The van der Waals surface area contributed by atoms with Crippen molar-refractivity contribution >= 4 is 39.9 Å². The van der Waals surface area contributed by atoms with Crippen LogP contribution in [0.15, 0.2) is 35.5 Å². The molecule has 0 bridgehead atoms. The maximum absolute atomic E-state index is 13.1. The third-order valence-electron chi connectivity index (χ3n) is 4.86. The van der Waals surface area contributed by atoms with Gasteiger partial charge in [-0.15, -0.1) is 16.4 Å². The predicted molar refractivity (Wildman–Crippen MR) is 117 cm³/mol. The maximum Gasteiger partial charge on any atom is 0.254 e. The van der Waals surface area contributed by atoms with Gasteiger partial charge in [0.1, 0.15) is 5.00 Å². The zero-order chi connectivity index (χ0) is 20.9. The second kappa shape index (κ2) is 9.40. The fourth-order valence-electron chi connectivity index (χ4n) is 3.40. The van der Waals surface area contributed by atoms with Gasteiger partial charge in [-0.25, -0.2) is 4.68 Å². The third-order valence-corrected chi connectivity index (χ3v) is 7.08. The van der Waals surface area contributed by atoms with Gasteiger partial charge >= 0.3 is 0 Å². The van der Waals surface area contributed by atoms with Gasteiger partial charge in [-0.1, -0.05) is 42.1 Å². The van der Waals surface area contributed by atoms with E-state index in [2.05, 4.69) is 26.2 Å². The van der Waals surface area contributed by atoms with E-state index < -0.39 is 0 Å². The van der Waals surface area contributed by atoms with Crippen molar-refractivity contribution in [2.75, 3.05) is 11.1 Å². The summed E-state index contributed by atoms with van der Waals surface area (Å²) >= 11 is 2.78. The number of tetrazole rings is 1. The molecule has 1 aliphatic rings. The average molecular weight is 443 g/mol. The summed E-state index contributed by atoms with van der Waals surface area (Å²) in [6.07, 6.45) is 4.00. The van der Waals surface area contributed by atoms with E-state index in [1.165, 1.54) is 32.7 Å². The van der Waals surface area contributed by atoms with E-state index in [1.54, 1.807) is 7.05 Å². The molecule has 0 saturated carbocycles. The standard InChI is InChI=1S/C20H22N6O2S2/c1-26-20(23-24-25-26)29-12-16(27)22-19-17(14-9-5-6-10-15(14)30-19)18(28)21-11-13-7-3-2-4-8-13/h2-4,7-8H,5-6,9-12H2,1H3,(H,21,28)(H,22,27). The van der Waals surface area contributed by atoms with Crippen LogP contribution in [-0.4, -0.2) is 37.8 Å². The molecule has 2 amide bonds. The fraction of sp³-hybridized carbons (Fsp3) is 0.350. The normalized spacial score (nSPS) is 13.0. The van der Waals surface area contributed by atoms with Crippen molar-refractivity contribution in [2.45, 2.75) is 37.4 Å². The minimum Gasteiger partial charge on any atom is -0.348 e. The maximum atomic E-state index is 13.1. The monoisotopic (exact) mass is 442 g/mol. The number of hydrogen-bond acceptors (Lipinski definition) is 7. The molecule has 0 aliphatic heterocycles. The van der Waals surface area contributed by atoms with Crippen LogP contribution >= 0.6 is 23.1 Å². The highest BCUT2D eigenvalue weighted by atomic mass is 32.2. The molecule has 0 saturated heterocycles. The minimum absolute atomic E-state index is 0.140. The number of carbonyl (C=O) groups excluding carboxylic acids is 2. The van der Waals surface area contributed by atoms with E-state index in [1.807, 2.05) is 30.3 Å². The van der Waals surface area contributed by atoms with Crippen molar-refractivity contribution in [3.8, 4) is 0 Å². The van der Waals surface area contributed by atoms with Crippen LogP contribution in [0.4, 0.5) is 5.00 Å². The molecule has 2 heterocycles. The topological polar surface area (TPSA) is 102 Å². The Bertz CT molecular complexity index is 1050. The highest BCUT2D eigenvalue weighted by Crippen LogP contribution is 2.38. The number of benzene rings is 1. The number of thiophene rings is 1. The number of carbonyl (C=O) groups is 2. The SMILES string of the molecule is Cn1nnnc1SCC(=O)Nc1sc2c(c1C(=O)NCc1ccccc1)CCCC2. The Kier molecular flexibility index (Phi) is 6.44.